The lowest BCUT2D eigenvalue weighted by molar-refractivity contribution is 0.208. The second kappa shape index (κ2) is 10.5. The van der Waals surface area contributed by atoms with Gasteiger partial charge in [-0.1, -0.05) is 12.1 Å². The average molecular weight is 430 g/mol. The lowest BCUT2D eigenvalue weighted by atomic mass is 10.1. The summed E-state index contributed by atoms with van der Waals surface area (Å²) in [4.78, 5) is 7.80. The predicted octanol–water partition coefficient (Wildman–Crippen LogP) is 2.84. The van der Waals surface area contributed by atoms with Crippen LogP contribution in [0.25, 0.3) is 10.9 Å². The number of ether oxygens (including phenoxy) is 1. The first-order chi connectivity index (χ1) is 10.7. The third kappa shape index (κ3) is 6.02. The highest BCUT2D eigenvalue weighted by Gasteiger charge is 2.04. The summed E-state index contributed by atoms with van der Waals surface area (Å²) in [6, 6.07) is 6.53. The zero-order chi connectivity index (χ0) is 15.8. The molecule has 1 aromatic carbocycles. The minimum Gasteiger partial charge on any atom is -0.383 e. The molecule has 0 aliphatic heterocycles. The molecule has 0 aliphatic carbocycles. The molecule has 5 nitrogen and oxygen atoms in total. The van der Waals surface area contributed by atoms with Crippen LogP contribution < -0.4 is 10.6 Å². The van der Waals surface area contributed by atoms with Crippen LogP contribution in [0.3, 0.4) is 0 Å². The van der Waals surface area contributed by atoms with Crippen LogP contribution >= 0.6 is 24.0 Å². The van der Waals surface area contributed by atoms with Crippen LogP contribution in [0, 0.1) is 6.92 Å². The van der Waals surface area contributed by atoms with Crippen LogP contribution in [0.5, 0.6) is 0 Å². The van der Waals surface area contributed by atoms with E-state index in [2.05, 4.69) is 58.9 Å². The minimum atomic E-state index is 0. The number of hydrogen-bond donors (Lipinski definition) is 3. The highest BCUT2D eigenvalue weighted by atomic mass is 127. The number of halogens is 1. The number of aliphatic imine (C=N–C) groups is 1. The van der Waals surface area contributed by atoms with E-state index in [9.17, 15) is 0 Å². The van der Waals surface area contributed by atoms with Gasteiger partial charge in [-0.2, -0.15) is 0 Å². The first-order valence-electron chi connectivity index (χ1n) is 7.82. The van der Waals surface area contributed by atoms with Crippen molar-refractivity contribution in [3.05, 3.63) is 35.5 Å². The van der Waals surface area contributed by atoms with E-state index < -0.39 is 0 Å². The molecule has 0 saturated carbocycles. The molecule has 1 heterocycles. The maximum absolute atomic E-state index is 5.02. The predicted molar refractivity (Wildman–Crippen MR) is 108 cm³/mol. The quantitative estimate of drug-likeness (QED) is 0.274. The molecule has 3 N–H and O–H groups in total. The topological polar surface area (TPSA) is 61.4 Å². The smallest absolute Gasteiger partial charge is 0.191 e. The number of aromatic amines is 1. The molecular formula is C17H27IN4O. The maximum Gasteiger partial charge on any atom is 0.191 e. The molecule has 1 aromatic heterocycles. The number of benzene rings is 1. The van der Waals surface area contributed by atoms with Gasteiger partial charge in [0.1, 0.15) is 0 Å². The number of nitrogens with zero attached hydrogens (tertiary/aromatic N) is 1. The van der Waals surface area contributed by atoms with Crippen LogP contribution in [0.1, 0.15) is 18.1 Å². The first kappa shape index (κ1) is 19.8. The largest absolute Gasteiger partial charge is 0.383 e. The zero-order valence-corrected chi connectivity index (χ0v) is 16.4. The monoisotopic (exact) mass is 430 g/mol. The standard InChI is InChI=1S/C17H26N4O.HI/c1-4-18-17(20-9-10-22-3)19-8-7-14-12-21-16-11-13(2)5-6-15(14)16;/h5-6,11-12,21H,4,7-10H2,1-3H3,(H2,18,19,20);1H. The maximum atomic E-state index is 5.02. The van der Waals surface area contributed by atoms with E-state index in [0.717, 1.165) is 25.5 Å². The van der Waals surface area contributed by atoms with Crippen LogP contribution in [0.4, 0.5) is 0 Å². The number of H-pyrrole nitrogens is 1. The van der Waals surface area contributed by atoms with Crippen molar-refractivity contribution in [2.45, 2.75) is 20.3 Å². The number of methoxy groups -OCH3 is 1. The molecule has 128 valence electrons. The number of hydrogen-bond acceptors (Lipinski definition) is 2. The molecule has 0 bridgehead atoms. The molecule has 0 saturated heterocycles. The molecule has 0 fully saturated rings. The fourth-order valence-corrected chi connectivity index (χ4v) is 2.41. The number of rotatable bonds is 7. The fraction of sp³-hybridized carbons (Fsp3) is 0.471. The molecule has 0 spiro atoms. The van der Waals surface area contributed by atoms with Gasteiger partial charge in [0.15, 0.2) is 5.96 Å². The third-order valence-electron chi connectivity index (χ3n) is 3.52. The van der Waals surface area contributed by atoms with E-state index in [1.807, 2.05) is 0 Å². The summed E-state index contributed by atoms with van der Waals surface area (Å²) in [7, 11) is 1.69. The number of aromatic nitrogens is 1. The van der Waals surface area contributed by atoms with E-state index >= 15 is 0 Å². The molecule has 0 atom stereocenters. The Kier molecular flexibility index (Phi) is 9.01. The van der Waals surface area contributed by atoms with Gasteiger partial charge < -0.3 is 20.4 Å². The summed E-state index contributed by atoms with van der Waals surface area (Å²) in [6.45, 7) is 7.18. The first-order valence-corrected chi connectivity index (χ1v) is 7.82. The SMILES string of the molecule is CCNC(=NCCOC)NCCc1c[nH]c2cc(C)ccc12.I. The van der Waals surface area contributed by atoms with Gasteiger partial charge in [-0.05, 0) is 37.5 Å². The van der Waals surface area contributed by atoms with Crippen LogP contribution in [-0.4, -0.2) is 44.3 Å². The van der Waals surface area contributed by atoms with Crippen LogP contribution in [0.2, 0.25) is 0 Å². The van der Waals surface area contributed by atoms with Crippen LogP contribution in [-0.2, 0) is 11.2 Å². The normalized spacial score (nSPS) is 11.3. The Morgan fingerprint density at radius 1 is 1.30 bits per heavy atom. The van der Waals surface area contributed by atoms with E-state index in [4.69, 9.17) is 4.74 Å². The van der Waals surface area contributed by atoms with E-state index in [1.165, 1.54) is 22.0 Å². The second-order valence-electron chi connectivity index (χ2n) is 5.29. The van der Waals surface area contributed by atoms with E-state index in [0.29, 0.717) is 13.2 Å². The highest BCUT2D eigenvalue weighted by Crippen LogP contribution is 2.19. The van der Waals surface area contributed by atoms with Gasteiger partial charge in [0.2, 0.25) is 0 Å². The number of aryl methyl sites for hydroxylation is 1. The van der Waals surface area contributed by atoms with Gasteiger partial charge in [0.25, 0.3) is 0 Å². The summed E-state index contributed by atoms with van der Waals surface area (Å²) in [5, 5.41) is 7.90. The molecule has 2 rings (SSSR count). The Balaban J connectivity index is 0.00000264. The Labute approximate surface area is 155 Å². The number of fused-ring (bicyclic) bond motifs is 1. The Morgan fingerprint density at radius 2 is 2.13 bits per heavy atom. The van der Waals surface area contributed by atoms with Gasteiger partial charge in [0.05, 0.1) is 13.2 Å². The van der Waals surface area contributed by atoms with Gasteiger partial charge >= 0.3 is 0 Å². The summed E-state index contributed by atoms with van der Waals surface area (Å²) in [5.74, 6) is 0.843. The summed E-state index contributed by atoms with van der Waals surface area (Å²) in [5.41, 5.74) is 3.81. The van der Waals surface area contributed by atoms with Crippen molar-refractivity contribution >= 4 is 40.8 Å². The van der Waals surface area contributed by atoms with Crippen molar-refractivity contribution in [2.24, 2.45) is 4.99 Å². The number of guanidine groups is 1. The van der Waals surface area contributed by atoms with Crippen molar-refractivity contribution in [1.82, 2.24) is 15.6 Å². The van der Waals surface area contributed by atoms with Crippen LogP contribution in [0.15, 0.2) is 29.4 Å². The van der Waals surface area contributed by atoms with Crippen molar-refractivity contribution in [3.63, 3.8) is 0 Å². The molecule has 0 amide bonds. The molecule has 23 heavy (non-hydrogen) atoms. The molecule has 0 radical (unpaired) electrons. The minimum absolute atomic E-state index is 0. The molecule has 6 heteroatoms. The van der Waals surface area contributed by atoms with E-state index in [-0.39, 0.29) is 24.0 Å². The van der Waals surface area contributed by atoms with Gasteiger partial charge in [0, 0.05) is 37.3 Å². The zero-order valence-electron chi connectivity index (χ0n) is 14.1. The highest BCUT2D eigenvalue weighted by molar-refractivity contribution is 14.0. The van der Waals surface area contributed by atoms with Gasteiger partial charge in [-0.25, -0.2) is 0 Å². The summed E-state index contributed by atoms with van der Waals surface area (Å²) < 4.78 is 5.02. The number of nitrogens with one attached hydrogen (secondary N) is 3. The summed E-state index contributed by atoms with van der Waals surface area (Å²) >= 11 is 0. The van der Waals surface area contributed by atoms with Crippen molar-refractivity contribution < 1.29 is 4.74 Å². The fourth-order valence-electron chi connectivity index (χ4n) is 2.41. The lowest BCUT2D eigenvalue weighted by Crippen LogP contribution is -2.38. The van der Waals surface area contributed by atoms with Gasteiger partial charge in [-0.15, -0.1) is 24.0 Å². The lowest BCUT2D eigenvalue weighted by Gasteiger charge is -2.11. The van der Waals surface area contributed by atoms with E-state index in [1.54, 1.807) is 7.11 Å². The Bertz CT molecular complexity index is 624. The Morgan fingerprint density at radius 3 is 2.87 bits per heavy atom. The molecular weight excluding hydrogens is 403 g/mol. The molecule has 0 aliphatic rings. The summed E-state index contributed by atoms with van der Waals surface area (Å²) in [6.07, 6.45) is 3.05. The van der Waals surface area contributed by atoms with Crippen molar-refractivity contribution in [2.75, 3.05) is 33.4 Å². The van der Waals surface area contributed by atoms with Crippen molar-refractivity contribution in [1.29, 1.82) is 0 Å². The van der Waals surface area contributed by atoms with Crippen molar-refractivity contribution in [3.8, 4) is 0 Å². The van der Waals surface area contributed by atoms with Gasteiger partial charge in [-0.3, -0.25) is 4.99 Å². The molecule has 0 unspecified atom stereocenters. The molecule has 2 aromatic rings. The Hall–Kier alpha value is -1.28. The second-order valence-corrected chi connectivity index (χ2v) is 5.29. The third-order valence-corrected chi connectivity index (χ3v) is 3.52. The average Bonchev–Trinajstić information content (AvgIpc) is 2.90.